The molecule has 1 fully saturated rings. The maximum Gasteiger partial charge on any atom is 0.305 e. The van der Waals surface area contributed by atoms with Crippen LogP contribution in [0.4, 0.5) is 0 Å². The predicted octanol–water partition coefficient (Wildman–Crippen LogP) is 2.94. The Labute approximate surface area is 189 Å². The first-order valence-electron chi connectivity index (χ1n) is 10.7. The number of thioether (sulfide) groups is 1. The van der Waals surface area contributed by atoms with E-state index >= 15 is 0 Å². The SMILES string of the molecule is COCc1cccc(C[C@H](O)C=C[C@@H]2C(CCSCCCC(=O)OC)C(=O)C[C@H]2O)c1. The molecule has 1 unspecified atom stereocenters. The lowest BCUT2D eigenvalue weighted by molar-refractivity contribution is -0.140. The van der Waals surface area contributed by atoms with Gasteiger partial charge in [-0.1, -0.05) is 36.4 Å². The number of carbonyl (C=O) groups is 2. The van der Waals surface area contributed by atoms with Gasteiger partial charge in [-0.2, -0.15) is 11.8 Å². The van der Waals surface area contributed by atoms with E-state index in [1.807, 2.05) is 30.3 Å². The van der Waals surface area contributed by atoms with Gasteiger partial charge < -0.3 is 19.7 Å². The molecule has 0 saturated heterocycles. The minimum absolute atomic E-state index is 0.0825. The number of aliphatic hydroxyl groups excluding tert-OH is 2. The van der Waals surface area contributed by atoms with E-state index in [-0.39, 0.29) is 30.0 Å². The summed E-state index contributed by atoms with van der Waals surface area (Å²) in [4.78, 5) is 23.5. The van der Waals surface area contributed by atoms with Gasteiger partial charge in [-0.3, -0.25) is 9.59 Å². The summed E-state index contributed by atoms with van der Waals surface area (Å²) in [5, 5.41) is 20.8. The summed E-state index contributed by atoms with van der Waals surface area (Å²) in [6.45, 7) is 0.526. The van der Waals surface area contributed by atoms with Crippen molar-refractivity contribution in [2.45, 2.75) is 50.9 Å². The Morgan fingerprint density at radius 2 is 2.06 bits per heavy atom. The smallest absolute Gasteiger partial charge is 0.305 e. The van der Waals surface area contributed by atoms with E-state index in [4.69, 9.17) is 4.74 Å². The molecule has 6 nitrogen and oxygen atoms in total. The van der Waals surface area contributed by atoms with Gasteiger partial charge in [-0.05, 0) is 35.5 Å². The highest BCUT2D eigenvalue weighted by atomic mass is 32.2. The summed E-state index contributed by atoms with van der Waals surface area (Å²) >= 11 is 1.70. The highest BCUT2D eigenvalue weighted by Gasteiger charge is 2.39. The fraction of sp³-hybridized carbons (Fsp3) is 0.583. The van der Waals surface area contributed by atoms with Gasteiger partial charge in [0.2, 0.25) is 0 Å². The largest absolute Gasteiger partial charge is 0.469 e. The van der Waals surface area contributed by atoms with Gasteiger partial charge in [0, 0.05) is 38.2 Å². The molecule has 1 aromatic rings. The molecule has 31 heavy (non-hydrogen) atoms. The Morgan fingerprint density at radius 3 is 2.81 bits per heavy atom. The second-order valence-corrected chi connectivity index (χ2v) is 9.14. The van der Waals surface area contributed by atoms with Crippen LogP contribution in [0.15, 0.2) is 36.4 Å². The van der Waals surface area contributed by atoms with Crippen molar-refractivity contribution in [3.63, 3.8) is 0 Å². The number of rotatable bonds is 13. The van der Waals surface area contributed by atoms with Gasteiger partial charge in [-0.25, -0.2) is 0 Å². The molecule has 7 heteroatoms. The van der Waals surface area contributed by atoms with Crippen molar-refractivity contribution in [2.75, 3.05) is 25.7 Å². The van der Waals surface area contributed by atoms with E-state index in [0.29, 0.717) is 25.9 Å². The highest BCUT2D eigenvalue weighted by Crippen LogP contribution is 2.34. The molecule has 0 amide bonds. The van der Waals surface area contributed by atoms with Crippen LogP contribution in [-0.4, -0.2) is 59.9 Å². The maximum atomic E-state index is 12.3. The molecule has 0 aromatic heterocycles. The van der Waals surface area contributed by atoms with E-state index in [1.165, 1.54) is 7.11 Å². The molecule has 2 N–H and O–H groups in total. The standard InChI is InChI=1S/C24H34O6S/c1-29-16-18-6-3-5-17(13-18)14-19(25)8-9-20-21(23(27)15-22(20)26)10-12-31-11-4-7-24(28)30-2/h3,5-6,8-9,13,19-22,25-26H,4,7,10-12,14-16H2,1-2H3/t19-,20-,21?,22-/m1/s1. The van der Waals surface area contributed by atoms with Crippen LogP contribution in [0, 0.1) is 11.8 Å². The molecule has 1 saturated carbocycles. The van der Waals surface area contributed by atoms with Gasteiger partial charge in [0.25, 0.3) is 0 Å². The lowest BCUT2D eigenvalue weighted by Gasteiger charge is -2.18. The Kier molecular flexibility index (Phi) is 11.3. The third-order valence-corrected chi connectivity index (χ3v) is 6.61. The number of carbonyl (C=O) groups excluding carboxylic acids is 2. The highest BCUT2D eigenvalue weighted by molar-refractivity contribution is 7.99. The summed E-state index contributed by atoms with van der Waals surface area (Å²) in [7, 11) is 3.03. The van der Waals surface area contributed by atoms with Gasteiger partial charge >= 0.3 is 5.97 Å². The van der Waals surface area contributed by atoms with Crippen LogP contribution in [0.2, 0.25) is 0 Å². The first-order valence-corrected chi connectivity index (χ1v) is 11.9. The Balaban J connectivity index is 1.83. The van der Waals surface area contributed by atoms with Crippen molar-refractivity contribution < 1.29 is 29.3 Å². The zero-order valence-corrected chi connectivity index (χ0v) is 19.2. The van der Waals surface area contributed by atoms with E-state index in [2.05, 4.69) is 4.74 Å². The van der Waals surface area contributed by atoms with Gasteiger partial charge in [0.15, 0.2) is 0 Å². The molecule has 1 aliphatic rings. The molecule has 0 radical (unpaired) electrons. The van der Waals surface area contributed by atoms with Crippen molar-refractivity contribution in [3.05, 3.63) is 47.5 Å². The number of hydrogen-bond donors (Lipinski definition) is 2. The molecule has 2 rings (SSSR count). The van der Waals surface area contributed by atoms with Crippen molar-refractivity contribution in [3.8, 4) is 0 Å². The van der Waals surface area contributed by atoms with E-state index in [1.54, 1.807) is 24.9 Å². The van der Waals surface area contributed by atoms with E-state index < -0.39 is 12.2 Å². The van der Waals surface area contributed by atoms with E-state index in [9.17, 15) is 19.8 Å². The lowest BCUT2D eigenvalue weighted by atomic mass is 9.91. The molecular weight excluding hydrogens is 416 g/mol. The topological polar surface area (TPSA) is 93.1 Å². The lowest BCUT2D eigenvalue weighted by Crippen LogP contribution is -2.20. The fourth-order valence-corrected chi connectivity index (χ4v) is 4.88. The Morgan fingerprint density at radius 1 is 1.29 bits per heavy atom. The van der Waals surface area contributed by atoms with E-state index in [0.717, 1.165) is 29.1 Å². The van der Waals surface area contributed by atoms with Crippen LogP contribution in [0.3, 0.4) is 0 Å². The Hall–Kier alpha value is -1.67. The fourth-order valence-electron chi connectivity index (χ4n) is 3.90. The second kappa shape index (κ2) is 13.7. The summed E-state index contributed by atoms with van der Waals surface area (Å²) in [5.74, 6) is 1.01. The molecule has 1 aliphatic carbocycles. The van der Waals surface area contributed by atoms with Gasteiger partial charge in [-0.15, -0.1) is 0 Å². The number of methoxy groups -OCH3 is 2. The van der Waals surface area contributed by atoms with Crippen molar-refractivity contribution >= 4 is 23.5 Å². The Bertz CT molecular complexity index is 735. The predicted molar refractivity (Wildman–Crippen MR) is 122 cm³/mol. The number of benzene rings is 1. The molecule has 0 heterocycles. The first-order chi connectivity index (χ1) is 14.9. The molecular formula is C24H34O6S. The van der Waals surface area contributed by atoms with Crippen molar-refractivity contribution in [2.24, 2.45) is 11.8 Å². The quantitative estimate of drug-likeness (QED) is 0.271. The summed E-state index contributed by atoms with van der Waals surface area (Å²) < 4.78 is 9.77. The average Bonchev–Trinajstić information content (AvgIpc) is 3.01. The van der Waals surface area contributed by atoms with Crippen LogP contribution in [0.1, 0.15) is 36.8 Å². The minimum Gasteiger partial charge on any atom is -0.469 e. The zero-order chi connectivity index (χ0) is 22.6. The van der Waals surface area contributed by atoms with Gasteiger partial charge in [0.1, 0.15) is 5.78 Å². The normalized spacial score (nSPS) is 22.2. The number of hydrogen-bond acceptors (Lipinski definition) is 7. The third kappa shape index (κ3) is 8.77. The number of ketones is 1. The maximum absolute atomic E-state index is 12.3. The van der Waals surface area contributed by atoms with Crippen LogP contribution < -0.4 is 0 Å². The molecule has 0 aliphatic heterocycles. The van der Waals surface area contributed by atoms with Crippen LogP contribution >= 0.6 is 11.8 Å². The van der Waals surface area contributed by atoms with Gasteiger partial charge in [0.05, 0.1) is 25.9 Å². The number of ether oxygens (including phenoxy) is 2. The molecule has 1 aromatic carbocycles. The zero-order valence-electron chi connectivity index (χ0n) is 18.4. The average molecular weight is 451 g/mol. The van der Waals surface area contributed by atoms with Crippen molar-refractivity contribution in [1.82, 2.24) is 0 Å². The summed E-state index contributed by atoms with van der Waals surface area (Å²) in [5.41, 5.74) is 2.06. The summed E-state index contributed by atoms with van der Waals surface area (Å²) in [6, 6.07) is 7.89. The molecule has 0 bridgehead atoms. The molecule has 172 valence electrons. The third-order valence-electron chi connectivity index (χ3n) is 5.51. The second-order valence-electron chi connectivity index (χ2n) is 7.91. The number of aliphatic hydroxyl groups is 2. The van der Waals surface area contributed by atoms with Crippen molar-refractivity contribution in [1.29, 1.82) is 0 Å². The monoisotopic (exact) mass is 450 g/mol. The first kappa shape index (κ1) is 25.6. The number of Topliss-reactive ketones (excluding diaryl/α,β-unsaturated/α-hetero) is 1. The molecule has 0 spiro atoms. The number of esters is 1. The van der Waals surface area contributed by atoms with Crippen LogP contribution in [-0.2, 0) is 32.1 Å². The van der Waals surface area contributed by atoms with Crippen LogP contribution in [0.25, 0.3) is 0 Å². The molecule has 4 atom stereocenters. The van der Waals surface area contributed by atoms with Crippen LogP contribution in [0.5, 0.6) is 0 Å². The summed E-state index contributed by atoms with van der Waals surface area (Å²) in [6.07, 6.45) is 4.60. The minimum atomic E-state index is -0.699.